The van der Waals surface area contributed by atoms with Gasteiger partial charge in [-0.25, -0.2) is 0 Å². The molecule has 2 fully saturated rings. The average molecular weight is 493 g/mol. The summed E-state index contributed by atoms with van der Waals surface area (Å²) in [7, 11) is 0. The van der Waals surface area contributed by atoms with Crippen molar-refractivity contribution in [1.82, 2.24) is 5.32 Å². The summed E-state index contributed by atoms with van der Waals surface area (Å²) in [6.07, 6.45) is 8.85. The third kappa shape index (κ3) is 4.41. The van der Waals surface area contributed by atoms with Crippen LogP contribution in [0.2, 0.25) is 0 Å². The quantitative estimate of drug-likeness (QED) is 0.620. The molecule has 0 aromatic heterocycles. The molecule has 3 aliphatic rings. The molecule has 1 aromatic rings. The molecule has 0 amide bonds. The third-order valence-corrected chi connectivity index (χ3v) is 9.22. The Balaban J connectivity index is 1.86. The molecule has 0 bridgehead atoms. The fourth-order valence-corrected chi connectivity index (χ4v) is 7.49. The number of hydrogen-bond acceptors (Lipinski definition) is 7. The SMILES string of the molecule is CC1=C(C(=O)[O-])C(c2cccc(C#N)c2)C(C(=O)[O-])C(C)(C2(C(C)OC3CCCCC3)CCCC2)N1. The van der Waals surface area contributed by atoms with Gasteiger partial charge in [0.25, 0.3) is 0 Å². The van der Waals surface area contributed by atoms with Crippen molar-refractivity contribution in [2.45, 2.75) is 102 Å². The maximum absolute atomic E-state index is 13.0. The Kier molecular flexibility index (Phi) is 7.47. The van der Waals surface area contributed by atoms with Crippen LogP contribution in [0.5, 0.6) is 0 Å². The number of carboxylic acid groups (broad SMARTS) is 2. The predicted octanol–water partition coefficient (Wildman–Crippen LogP) is 2.69. The highest BCUT2D eigenvalue weighted by Crippen LogP contribution is 2.58. The molecule has 1 aliphatic heterocycles. The Morgan fingerprint density at radius 2 is 1.81 bits per heavy atom. The molecule has 194 valence electrons. The molecule has 4 unspecified atom stereocenters. The molecule has 0 radical (unpaired) electrons. The van der Waals surface area contributed by atoms with Gasteiger partial charge in [-0.05, 0) is 64.2 Å². The van der Waals surface area contributed by atoms with E-state index >= 15 is 0 Å². The van der Waals surface area contributed by atoms with E-state index < -0.39 is 34.7 Å². The van der Waals surface area contributed by atoms with Crippen molar-refractivity contribution in [3.8, 4) is 6.07 Å². The molecular formula is C29H36N2O5-2. The van der Waals surface area contributed by atoms with Gasteiger partial charge in [0.05, 0.1) is 35.3 Å². The highest BCUT2D eigenvalue weighted by Gasteiger charge is 2.61. The van der Waals surface area contributed by atoms with E-state index in [0.717, 1.165) is 51.4 Å². The fourth-order valence-electron chi connectivity index (χ4n) is 7.49. The number of nitrogens with zero attached hydrogens (tertiary/aromatic N) is 1. The van der Waals surface area contributed by atoms with Crippen molar-refractivity contribution in [1.29, 1.82) is 5.26 Å². The lowest BCUT2D eigenvalue weighted by Crippen LogP contribution is -2.70. The number of benzene rings is 1. The van der Waals surface area contributed by atoms with Gasteiger partial charge in [-0.15, -0.1) is 0 Å². The average Bonchev–Trinajstić information content (AvgIpc) is 3.36. The van der Waals surface area contributed by atoms with Gasteiger partial charge in [0.2, 0.25) is 0 Å². The number of rotatable bonds is 7. The van der Waals surface area contributed by atoms with Crippen LogP contribution in [0.25, 0.3) is 0 Å². The van der Waals surface area contributed by atoms with E-state index in [2.05, 4.69) is 18.3 Å². The number of carboxylic acids is 2. The first kappa shape index (κ1) is 26.2. The van der Waals surface area contributed by atoms with Gasteiger partial charge in [-0.1, -0.05) is 44.2 Å². The van der Waals surface area contributed by atoms with E-state index in [4.69, 9.17) is 4.74 Å². The molecular weight excluding hydrogens is 456 g/mol. The molecule has 4 atom stereocenters. The number of nitrogens with one attached hydrogen (secondary N) is 1. The minimum Gasteiger partial charge on any atom is -0.550 e. The summed E-state index contributed by atoms with van der Waals surface area (Å²) in [5, 5.41) is 38.2. The zero-order valence-corrected chi connectivity index (χ0v) is 21.5. The van der Waals surface area contributed by atoms with Gasteiger partial charge in [-0.3, -0.25) is 0 Å². The van der Waals surface area contributed by atoms with Crippen LogP contribution in [-0.4, -0.2) is 29.7 Å². The van der Waals surface area contributed by atoms with Crippen LogP contribution in [0.4, 0.5) is 0 Å². The molecule has 1 heterocycles. The van der Waals surface area contributed by atoms with Gasteiger partial charge in [0, 0.05) is 34.5 Å². The van der Waals surface area contributed by atoms with Crippen LogP contribution >= 0.6 is 0 Å². The standard InChI is InChI=1S/C29H38N2O5/c1-18-23(26(32)33)24(21-11-9-10-20(16-21)17-30)25(27(34)35)28(3,31-18)29(14-7-8-15-29)19(2)36-22-12-5-4-6-13-22/h9-11,16,19,22,24-25,31H,4-8,12-15H2,1-3H3,(H,32,33)(H,34,35)/p-2. The highest BCUT2D eigenvalue weighted by atomic mass is 16.5. The maximum atomic E-state index is 13.0. The molecule has 0 saturated heterocycles. The van der Waals surface area contributed by atoms with Crippen LogP contribution in [0.3, 0.4) is 0 Å². The van der Waals surface area contributed by atoms with Crippen molar-refractivity contribution < 1.29 is 24.5 Å². The first-order valence-electron chi connectivity index (χ1n) is 13.2. The predicted molar refractivity (Wildman–Crippen MR) is 130 cm³/mol. The summed E-state index contributed by atoms with van der Waals surface area (Å²) in [6, 6.07) is 8.61. The molecule has 36 heavy (non-hydrogen) atoms. The van der Waals surface area contributed by atoms with Crippen LogP contribution in [0.15, 0.2) is 35.5 Å². The van der Waals surface area contributed by atoms with E-state index in [-0.39, 0.29) is 17.8 Å². The van der Waals surface area contributed by atoms with Gasteiger partial charge < -0.3 is 29.9 Å². The zero-order valence-electron chi connectivity index (χ0n) is 21.5. The summed E-state index contributed by atoms with van der Waals surface area (Å²) < 4.78 is 6.67. The van der Waals surface area contributed by atoms with Gasteiger partial charge in [0.15, 0.2) is 0 Å². The van der Waals surface area contributed by atoms with Gasteiger partial charge in [0.1, 0.15) is 0 Å². The molecule has 1 aromatic carbocycles. The monoisotopic (exact) mass is 492 g/mol. The van der Waals surface area contributed by atoms with E-state index in [9.17, 15) is 25.1 Å². The Bertz CT molecular complexity index is 1080. The number of carbonyl (C=O) groups excluding carboxylic acids is 2. The summed E-state index contributed by atoms with van der Waals surface area (Å²) in [5.41, 5.74) is -0.510. The number of nitriles is 1. The van der Waals surface area contributed by atoms with Crippen LogP contribution in [0, 0.1) is 22.7 Å². The molecule has 7 nitrogen and oxygen atoms in total. The highest BCUT2D eigenvalue weighted by molar-refractivity contribution is 5.90. The normalized spacial score (nSPS) is 29.3. The molecule has 0 spiro atoms. The molecule has 2 aliphatic carbocycles. The lowest BCUT2D eigenvalue weighted by atomic mass is 9.54. The minimum atomic E-state index is -1.42. The molecule has 7 heteroatoms. The van der Waals surface area contributed by atoms with Gasteiger partial charge >= 0.3 is 0 Å². The first-order valence-corrected chi connectivity index (χ1v) is 13.2. The number of carbonyl (C=O) groups is 2. The van der Waals surface area contributed by atoms with Crippen molar-refractivity contribution >= 4 is 11.9 Å². The second-order valence-corrected chi connectivity index (χ2v) is 11.1. The fraction of sp³-hybridized carbons (Fsp3) is 0.621. The topological polar surface area (TPSA) is 125 Å². The number of allylic oxidation sites excluding steroid dienone is 1. The number of aliphatic carboxylic acids is 2. The van der Waals surface area contributed by atoms with E-state index in [1.54, 1.807) is 31.2 Å². The summed E-state index contributed by atoms with van der Waals surface area (Å²) >= 11 is 0. The number of hydrogen-bond donors (Lipinski definition) is 1. The second kappa shape index (κ2) is 10.3. The Morgan fingerprint density at radius 1 is 1.14 bits per heavy atom. The zero-order chi connectivity index (χ0) is 26.1. The lowest BCUT2D eigenvalue weighted by Gasteiger charge is -2.59. The molecule has 2 saturated carbocycles. The summed E-state index contributed by atoms with van der Waals surface area (Å²) in [6.45, 7) is 5.62. The van der Waals surface area contributed by atoms with Crippen molar-refractivity contribution in [3.05, 3.63) is 46.7 Å². The first-order chi connectivity index (χ1) is 17.1. The minimum absolute atomic E-state index is 0.106. The summed E-state index contributed by atoms with van der Waals surface area (Å²) in [4.78, 5) is 25.4. The molecule has 4 rings (SSSR count). The van der Waals surface area contributed by atoms with Crippen molar-refractivity contribution in [2.24, 2.45) is 11.3 Å². The lowest BCUT2D eigenvalue weighted by molar-refractivity contribution is -0.318. The second-order valence-electron chi connectivity index (χ2n) is 11.1. The largest absolute Gasteiger partial charge is 0.550 e. The number of ether oxygens (including phenoxy) is 1. The van der Waals surface area contributed by atoms with Crippen LogP contribution < -0.4 is 15.5 Å². The van der Waals surface area contributed by atoms with Crippen molar-refractivity contribution in [2.75, 3.05) is 0 Å². The third-order valence-electron chi connectivity index (χ3n) is 9.22. The smallest absolute Gasteiger partial charge is 0.0991 e. The molecule has 1 N–H and O–H groups in total. The van der Waals surface area contributed by atoms with E-state index in [0.29, 0.717) is 16.8 Å². The summed E-state index contributed by atoms with van der Waals surface area (Å²) in [5.74, 6) is -4.98. The Morgan fingerprint density at radius 3 is 2.39 bits per heavy atom. The van der Waals surface area contributed by atoms with Crippen LogP contribution in [-0.2, 0) is 14.3 Å². The maximum Gasteiger partial charge on any atom is 0.0991 e. The Hall–Kier alpha value is -2.85. The van der Waals surface area contributed by atoms with Crippen LogP contribution in [0.1, 0.15) is 95.6 Å². The van der Waals surface area contributed by atoms with E-state index in [1.165, 1.54) is 6.42 Å². The van der Waals surface area contributed by atoms with Gasteiger partial charge in [-0.2, -0.15) is 5.26 Å². The van der Waals surface area contributed by atoms with Crippen molar-refractivity contribution in [3.63, 3.8) is 0 Å². The van der Waals surface area contributed by atoms with E-state index in [1.807, 2.05) is 6.92 Å². The Labute approximate surface area is 213 Å².